The summed E-state index contributed by atoms with van der Waals surface area (Å²) in [6.07, 6.45) is -0.0703. The van der Waals surface area contributed by atoms with E-state index in [9.17, 15) is 13.2 Å². The van der Waals surface area contributed by atoms with E-state index in [1.165, 1.54) is 35.5 Å². The second-order valence-corrected chi connectivity index (χ2v) is 7.86. The highest BCUT2D eigenvalue weighted by Gasteiger charge is 2.45. The van der Waals surface area contributed by atoms with Gasteiger partial charge >= 0.3 is 0 Å². The van der Waals surface area contributed by atoms with Crippen molar-refractivity contribution in [3.63, 3.8) is 0 Å². The standard InChI is InChI=1S/C22H21F3N4O4/c1-29-6-5-17(22(24,25)9-29)33-16-8-12(30-2)7-14-18(16)21(27-10-26-14)28-19-13(23)3-4-15-20(19)32-11-31-15/h3-4,7-8,10,17H,5-6,9,11H2,1-2H3,(H,26,27,28)/i2D. The first-order valence-corrected chi connectivity index (χ1v) is 10.1. The van der Waals surface area contributed by atoms with E-state index in [0.29, 0.717) is 17.8 Å². The first-order chi connectivity index (χ1) is 16.4. The molecule has 1 unspecified atom stereocenters. The van der Waals surface area contributed by atoms with Gasteiger partial charge in [-0.2, -0.15) is 0 Å². The highest BCUT2D eigenvalue weighted by Crippen LogP contribution is 2.44. The number of fused-ring (bicyclic) bond motifs is 2. The number of hydrogen-bond acceptors (Lipinski definition) is 8. The van der Waals surface area contributed by atoms with Gasteiger partial charge in [0.05, 0.1) is 25.9 Å². The SMILES string of the molecule is [2H]COc1cc(OC2CCN(C)CC2(F)F)c2c(Nc3c(F)ccc4c3OCO4)ncnc2c1. The Hall–Kier alpha value is -3.47. The molecule has 1 atom stereocenters. The van der Waals surface area contributed by atoms with Crippen LogP contribution in [0.15, 0.2) is 30.6 Å². The van der Waals surface area contributed by atoms with Gasteiger partial charge in [-0.25, -0.2) is 23.1 Å². The minimum Gasteiger partial charge on any atom is -0.497 e. The number of alkyl halides is 2. The Kier molecular flexibility index (Phi) is 4.97. The molecule has 2 aliphatic heterocycles. The molecule has 174 valence electrons. The number of rotatable bonds is 5. The first kappa shape index (κ1) is 20.2. The number of methoxy groups -OCH3 is 1. The number of halogens is 3. The maximum absolute atomic E-state index is 14.7. The zero-order valence-corrected chi connectivity index (χ0v) is 17.6. The van der Waals surface area contributed by atoms with E-state index >= 15 is 0 Å². The maximum atomic E-state index is 14.7. The van der Waals surface area contributed by atoms with Crippen LogP contribution in [0.2, 0.25) is 0 Å². The lowest BCUT2D eigenvalue weighted by Crippen LogP contribution is -2.52. The Labute approximate surface area is 188 Å². The van der Waals surface area contributed by atoms with Crippen LogP contribution in [-0.4, -0.2) is 60.9 Å². The molecule has 1 aromatic heterocycles. The van der Waals surface area contributed by atoms with Gasteiger partial charge in [-0.3, -0.25) is 0 Å². The van der Waals surface area contributed by atoms with Crippen LogP contribution >= 0.6 is 0 Å². The molecule has 1 N–H and O–H groups in total. The van der Waals surface area contributed by atoms with Crippen LogP contribution in [0.5, 0.6) is 23.0 Å². The fraction of sp³-hybridized carbons (Fsp3) is 0.364. The molecule has 2 aromatic carbocycles. The Bertz CT molecular complexity index is 1230. The lowest BCUT2D eigenvalue weighted by atomic mass is 10.0. The Morgan fingerprint density at radius 3 is 2.97 bits per heavy atom. The fourth-order valence-electron chi connectivity index (χ4n) is 3.97. The average Bonchev–Trinajstić information content (AvgIpc) is 3.26. The van der Waals surface area contributed by atoms with Crippen LogP contribution in [0.25, 0.3) is 10.9 Å². The number of anilines is 2. The molecule has 3 heterocycles. The predicted octanol–water partition coefficient (Wildman–Crippen LogP) is 3.97. The number of likely N-dealkylation sites (tertiary alicyclic amines) is 1. The zero-order valence-electron chi connectivity index (χ0n) is 18.6. The van der Waals surface area contributed by atoms with Crippen LogP contribution in [0, 0.1) is 5.82 Å². The topological polar surface area (TPSA) is 78.0 Å². The van der Waals surface area contributed by atoms with Crippen molar-refractivity contribution in [2.24, 2.45) is 0 Å². The number of piperidine rings is 1. The molecule has 0 aliphatic carbocycles. The van der Waals surface area contributed by atoms with Gasteiger partial charge in [0, 0.05) is 25.1 Å². The number of hydrogen-bond donors (Lipinski definition) is 1. The Morgan fingerprint density at radius 2 is 2.15 bits per heavy atom. The monoisotopic (exact) mass is 463 g/mol. The minimum absolute atomic E-state index is 0.0166. The summed E-state index contributed by atoms with van der Waals surface area (Å²) < 4.78 is 73.3. The van der Waals surface area contributed by atoms with Crippen molar-refractivity contribution in [3.8, 4) is 23.0 Å². The number of aromatic nitrogens is 2. The molecule has 0 saturated carbocycles. The number of ether oxygens (including phenoxy) is 4. The van der Waals surface area contributed by atoms with E-state index in [1.807, 2.05) is 0 Å². The third kappa shape index (κ3) is 3.92. The second-order valence-electron chi connectivity index (χ2n) is 7.86. The molecule has 5 rings (SSSR count). The van der Waals surface area contributed by atoms with E-state index in [1.54, 1.807) is 7.05 Å². The highest BCUT2D eigenvalue weighted by atomic mass is 19.3. The molecule has 1 fully saturated rings. The van der Waals surface area contributed by atoms with Gasteiger partial charge in [0.15, 0.2) is 23.4 Å². The second kappa shape index (κ2) is 8.14. The Morgan fingerprint density at radius 1 is 1.27 bits per heavy atom. The Balaban J connectivity index is 1.60. The van der Waals surface area contributed by atoms with Crippen LogP contribution in [0.4, 0.5) is 24.7 Å². The zero-order chi connectivity index (χ0) is 23.9. The maximum Gasteiger partial charge on any atom is 0.296 e. The lowest BCUT2D eigenvalue weighted by Gasteiger charge is -2.36. The van der Waals surface area contributed by atoms with E-state index in [4.69, 9.17) is 20.3 Å². The number of benzene rings is 2. The number of nitrogens with one attached hydrogen (secondary N) is 1. The summed E-state index contributed by atoms with van der Waals surface area (Å²) in [6, 6.07) is 5.60. The molecule has 2 aliphatic rings. The molecule has 33 heavy (non-hydrogen) atoms. The van der Waals surface area contributed by atoms with Crippen LogP contribution in [0.3, 0.4) is 0 Å². The smallest absolute Gasteiger partial charge is 0.296 e. The van der Waals surface area contributed by atoms with Gasteiger partial charge in [0.25, 0.3) is 5.92 Å². The summed E-state index contributed by atoms with van der Waals surface area (Å²) in [7, 11) is 1.24. The molecule has 11 heteroatoms. The molecule has 1 saturated heterocycles. The molecular formula is C22H21F3N4O4. The quantitative estimate of drug-likeness (QED) is 0.609. The first-order valence-electron chi connectivity index (χ1n) is 10.9. The van der Waals surface area contributed by atoms with Crippen molar-refractivity contribution in [3.05, 3.63) is 36.4 Å². The van der Waals surface area contributed by atoms with Crippen molar-refractivity contribution in [2.45, 2.75) is 18.4 Å². The van der Waals surface area contributed by atoms with Crippen molar-refractivity contribution in [1.29, 1.82) is 0 Å². The summed E-state index contributed by atoms with van der Waals surface area (Å²) in [5.41, 5.74) is 0.289. The van der Waals surface area contributed by atoms with E-state index < -0.39 is 24.4 Å². The lowest BCUT2D eigenvalue weighted by molar-refractivity contribution is -0.134. The summed E-state index contributed by atoms with van der Waals surface area (Å²) >= 11 is 0. The van der Waals surface area contributed by atoms with Gasteiger partial charge in [-0.05, 0) is 19.2 Å². The van der Waals surface area contributed by atoms with Crippen LogP contribution in [-0.2, 0) is 0 Å². The third-order valence-electron chi connectivity index (χ3n) is 5.57. The molecule has 3 aromatic rings. The van der Waals surface area contributed by atoms with Crippen molar-refractivity contribution >= 4 is 22.4 Å². The number of nitrogens with zero attached hydrogens (tertiary/aromatic N) is 3. The minimum atomic E-state index is -3.10. The predicted molar refractivity (Wildman–Crippen MR) is 113 cm³/mol. The average molecular weight is 463 g/mol. The van der Waals surface area contributed by atoms with E-state index in [-0.39, 0.29) is 54.4 Å². The summed E-state index contributed by atoms with van der Waals surface area (Å²) in [6.45, 7) is -0.0778. The summed E-state index contributed by atoms with van der Waals surface area (Å²) in [5, 5.41) is 3.14. The normalized spacial score (nSPS) is 19.9. The van der Waals surface area contributed by atoms with Gasteiger partial charge in [-0.15, -0.1) is 0 Å². The van der Waals surface area contributed by atoms with Crippen LogP contribution < -0.4 is 24.3 Å². The van der Waals surface area contributed by atoms with Gasteiger partial charge in [0.2, 0.25) is 6.79 Å². The molecule has 0 bridgehead atoms. The summed E-state index contributed by atoms with van der Waals surface area (Å²) in [5.74, 6) is -2.82. The van der Waals surface area contributed by atoms with Crippen molar-refractivity contribution < 1.29 is 33.5 Å². The van der Waals surface area contributed by atoms with Gasteiger partial charge in [0.1, 0.15) is 29.3 Å². The van der Waals surface area contributed by atoms with Crippen molar-refractivity contribution in [2.75, 3.05) is 39.3 Å². The molecule has 0 amide bonds. The van der Waals surface area contributed by atoms with Gasteiger partial charge < -0.3 is 29.2 Å². The molecule has 0 radical (unpaired) electrons. The van der Waals surface area contributed by atoms with Crippen molar-refractivity contribution in [1.82, 2.24) is 14.9 Å². The van der Waals surface area contributed by atoms with Crippen LogP contribution in [0.1, 0.15) is 7.79 Å². The highest BCUT2D eigenvalue weighted by molar-refractivity contribution is 5.97. The third-order valence-corrected chi connectivity index (χ3v) is 5.57. The largest absolute Gasteiger partial charge is 0.497 e. The molecule has 0 spiro atoms. The van der Waals surface area contributed by atoms with E-state index in [2.05, 4.69) is 15.3 Å². The fourth-order valence-corrected chi connectivity index (χ4v) is 3.97. The van der Waals surface area contributed by atoms with Gasteiger partial charge in [-0.1, -0.05) is 0 Å². The molecule has 8 nitrogen and oxygen atoms in total. The van der Waals surface area contributed by atoms with E-state index in [0.717, 1.165) is 0 Å². The molecular weight excluding hydrogens is 441 g/mol. The summed E-state index contributed by atoms with van der Waals surface area (Å²) in [4.78, 5) is 9.95.